The summed E-state index contributed by atoms with van der Waals surface area (Å²) in [5.41, 5.74) is 1.10. The van der Waals surface area contributed by atoms with Crippen LogP contribution in [0, 0.1) is 52.3 Å². The minimum absolute atomic E-state index is 0.536. The summed E-state index contributed by atoms with van der Waals surface area (Å²) in [6, 6.07) is 0. The monoisotopic (exact) mass is 264 g/mol. The molecule has 0 spiro atoms. The van der Waals surface area contributed by atoms with E-state index in [1.807, 2.05) is 0 Å². The first kappa shape index (κ1) is 15.4. The van der Waals surface area contributed by atoms with Crippen LogP contribution >= 0.6 is 0 Å². The third-order valence-electron chi connectivity index (χ3n) is 7.50. The first-order valence-corrected chi connectivity index (χ1v) is 8.58. The summed E-state index contributed by atoms with van der Waals surface area (Å²) < 4.78 is 0. The second-order valence-corrected chi connectivity index (χ2v) is 9.13. The zero-order chi connectivity index (χ0) is 14.7. The molecule has 0 amide bonds. The molecule has 0 N–H and O–H groups in total. The molecule has 0 heteroatoms. The van der Waals surface area contributed by atoms with Gasteiger partial charge in [-0.05, 0) is 52.3 Å². The lowest BCUT2D eigenvalue weighted by Crippen LogP contribution is -2.23. The van der Waals surface area contributed by atoms with Crippen molar-refractivity contribution in [1.29, 1.82) is 0 Å². The Bertz CT molecular complexity index is 330. The lowest BCUT2D eigenvalue weighted by molar-refractivity contribution is 0.192. The van der Waals surface area contributed by atoms with Gasteiger partial charge >= 0.3 is 0 Å². The van der Waals surface area contributed by atoms with Gasteiger partial charge in [0, 0.05) is 0 Å². The Hall–Kier alpha value is 0. The molecule has 0 aromatic rings. The van der Waals surface area contributed by atoms with Crippen LogP contribution in [0.1, 0.15) is 68.7 Å². The van der Waals surface area contributed by atoms with E-state index in [1.54, 1.807) is 0 Å². The van der Waals surface area contributed by atoms with Gasteiger partial charge in [-0.1, -0.05) is 68.7 Å². The Morgan fingerprint density at radius 1 is 1.05 bits per heavy atom. The van der Waals surface area contributed by atoms with E-state index in [2.05, 4.69) is 62.3 Å². The summed E-state index contributed by atoms with van der Waals surface area (Å²) in [7, 11) is 0. The van der Waals surface area contributed by atoms with Crippen LogP contribution in [0.5, 0.6) is 0 Å². The van der Waals surface area contributed by atoms with Gasteiger partial charge in [-0.15, -0.1) is 0 Å². The lowest BCUT2D eigenvalue weighted by Gasteiger charge is -2.29. The summed E-state index contributed by atoms with van der Waals surface area (Å²) in [6.07, 6.45) is 1.33. The van der Waals surface area contributed by atoms with Crippen molar-refractivity contribution in [1.82, 2.24) is 0 Å². The van der Waals surface area contributed by atoms with Crippen molar-refractivity contribution in [3.8, 4) is 0 Å². The highest BCUT2D eigenvalue weighted by atomic mass is 14.7. The molecular weight excluding hydrogens is 228 g/mol. The molecule has 0 aliphatic heterocycles. The number of hydrogen-bond donors (Lipinski definition) is 0. The van der Waals surface area contributed by atoms with E-state index >= 15 is 0 Å². The first-order chi connectivity index (χ1) is 8.58. The molecule has 0 aromatic carbocycles. The van der Waals surface area contributed by atoms with E-state index in [9.17, 15) is 0 Å². The second kappa shape index (κ2) is 4.50. The van der Waals surface area contributed by atoms with Gasteiger partial charge in [-0.3, -0.25) is 0 Å². The summed E-state index contributed by atoms with van der Waals surface area (Å²) in [5.74, 6) is 6.49. The van der Waals surface area contributed by atoms with Crippen molar-refractivity contribution < 1.29 is 0 Å². The highest BCUT2D eigenvalue weighted by molar-refractivity contribution is 5.17. The van der Waals surface area contributed by atoms with Crippen molar-refractivity contribution in [2.75, 3.05) is 0 Å². The Balaban J connectivity index is 2.13. The summed E-state index contributed by atoms with van der Waals surface area (Å²) in [5, 5.41) is 0. The lowest BCUT2D eigenvalue weighted by atomic mass is 9.76. The van der Waals surface area contributed by atoms with Crippen LogP contribution in [0.2, 0.25) is 0 Å². The van der Waals surface area contributed by atoms with Gasteiger partial charge in [0.1, 0.15) is 0 Å². The van der Waals surface area contributed by atoms with Gasteiger partial charge in [-0.25, -0.2) is 0 Å². The maximum absolute atomic E-state index is 2.56. The molecule has 2 saturated carbocycles. The fourth-order valence-electron chi connectivity index (χ4n) is 6.03. The molecule has 0 aromatic heterocycles. The van der Waals surface area contributed by atoms with Crippen LogP contribution < -0.4 is 0 Å². The third kappa shape index (κ3) is 2.18. The fraction of sp³-hybridized carbons (Fsp3) is 1.00. The minimum atomic E-state index is 0.536. The number of hydrogen-bond acceptors (Lipinski definition) is 0. The molecule has 0 radical (unpaired) electrons. The number of rotatable bonds is 5. The molecule has 6 unspecified atom stereocenters. The Morgan fingerprint density at radius 2 is 1.53 bits per heavy atom. The van der Waals surface area contributed by atoms with Gasteiger partial charge in [0.15, 0.2) is 0 Å². The van der Waals surface area contributed by atoms with Crippen LogP contribution in [0.15, 0.2) is 0 Å². The maximum Gasteiger partial charge on any atom is -0.0269 e. The standard InChI is InChI=1S/C19H36/c1-10-11(2)12(3)16-17(19(16,8)9)18(6,7)15-13(4)14(15)5/h11-17H,10H2,1-9H3. The summed E-state index contributed by atoms with van der Waals surface area (Å²) in [6.45, 7) is 22.4. The van der Waals surface area contributed by atoms with Crippen molar-refractivity contribution in [3.63, 3.8) is 0 Å². The van der Waals surface area contributed by atoms with Gasteiger partial charge in [0.2, 0.25) is 0 Å². The largest absolute Gasteiger partial charge is 0.0651 e. The normalized spacial score (nSPS) is 43.7. The zero-order valence-corrected chi connectivity index (χ0v) is 14.7. The first-order valence-electron chi connectivity index (χ1n) is 8.58. The molecule has 2 aliphatic rings. The molecule has 0 nitrogen and oxygen atoms in total. The predicted molar refractivity (Wildman–Crippen MR) is 85.0 cm³/mol. The predicted octanol–water partition coefficient (Wildman–Crippen LogP) is 5.87. The van der Waals surface area contributed by atoms with Crippen LogP contribution in [0.25, 0.3) is 0 Å². The van der Waals surface area contributed by atoms with E-state index in [4.69, 9.17) is 0 Å². The molecule has 19 heavy (non-hydrogen) atoms. The SMILES string of the molecule is CCC(C)C(C)C1C(C(C)(C)C2C(C)C2C)C1(C)C. The molecule has 112 valence electrons. The molecule has 0 bridgehead atoms. The average molecular weight is 264 g/mol. The molecule has 6 atom stereocenters. The Kier molecular flexibility index (Phi) is 3.64. The van der Waals surface area contributed by atoms with Crippen molar-refractivity contribution in [3.05, 3.63) is 0 Å². The van der Waals surface area contributed by atoms with Crippen molar-refractivity contribution in [2.24, 2.45) is 52.3 Å². The molecular formula is C19H36. The average Bonchev–Trinajstić information content (AvgIpc) is 3.11. The van der Waals surface area contributed by atoms with Gasteiger partial charge in [-0.2, -0.15) is 0 Å². The van der Waals surface area contributed by atoms with Crippen LogP contribution in [-0.2, 0) is 0 Å². The van der Waals surface area contributed by atoms with E-state index in [0.29, 0.717) is 10.8 Å². The van der Waals surface area contributed by atoms with Gasteiger partial charge in [0.25, 0.3) is 0 Å². The molecule has 2 rings (SSSR count). The minimum Gasteiger partial charge on any atom is -0.0651 e. The van der Waals surface area contributed by atoms with Crippen LogP contribution in [0.3, 0.4) is 0 Å². The molecule has 2 fully saturated rings. The molecule has 0 heterocycles. The van der Waals surface area contributed by atoms with E-state index in [0.717, 1.165) is 41.4 Å². The van der Waals surface area contributed by atoms with Crippen molar-refractivity contribution >= 4 is 0 Å². The second-order valence-electron chi connectivity index (χ2n) is 9.13. The quantitative estimate of drug-likeness (QED) is 0.582. The van der Waals surface area contributed by atoms with E-state index < -0.39 is 0 Å². The maximum atomic E-state index is 2.56. The topological polar surface area (TPSA) is 0 Å². The van der Waals surface area contributed by atoms with E-state index in [-0.39, 0.29) is 0 Å². The molecule has 0 saturated heterocycles. The third-order valence-corrected chi connectivity index (χ3v) is 7.50. The highest BCUT2D eigenvalue weighted by Crippen LogP contribution is 2.74. The summed E-state index contributed by atoms with van der Waals surface area (Å²) in [4.78, 5) is 0. The Morgan fingerprint density at radius 3 is 1.89 bits per heavy atom. The highest BCUT2D eigenvalue weighted by Gasteiger charge is 2.69. The van der Waals surface area contributed by atoms with Crippen LogP contribution in [0.4, 0.5) is 0 Å². The summed E-state index contributed by atoms with van der Waals surface area (Å²) >= 11 is 0. The Labute approximate surface area is 121 Å². The molecule has 2 aliphatic carbocycles. The zero-order valence-electron chi connectivity index (χ0n) is 14.7. The van der Waals surface area contributed by atoms with Crippen LogP contribution in [-0.4, -0.2) is 0 Å². The smallest absolute Gasteiger partial charge is 0.0269 e. The van der Waals surface area contributed by atoms with Gasteiger partial charge < -0.3 is 0 Å². The van der Waals surface area contributed by atoms with Gasteiger partial charge in [0.05, 0.1) is 0 Å². The van der Waals surface area contributed by atoms with E-state index in [1.165, 1.54) is 6.42 Å². The fourth-order valence-corrected chi connectivity index (χ4v) is 6.03. The van der Waals surface area contributed by atoms with Crippen molar-refractivity contribution in [2.45, 2.75) is 68.7 Å².